The maximum atomic E-state index is 13.0. The molecule has 0 saturated carbocycles. The number of aryl methyl sites for hydroxylation is 1. The monoisotopic (exact) mass is 630 g/mol. The number of benzene rings is 3. The van der Waals surface area contributed by atoms with Crippen LogP contribution < -0.4 is 0 Å². The fraction of sp³-hybridized carbons (Fsp3) is 0.0345. The molecule has 5 heteroatoms. The van der Waals surface area contributed by atoms with Crippen molar-refractivity contribution in [1.29, 1.82) is 0 Å². The van der Waals surface area contributed by atoms with E-state index in [0.29, 0.717) is 5.69 Å². The first-order chi connectivity index (χ1) is 17.3. The number of hydrogen-bond donors (Lipinski definition) is 0. The van der Waals surface area contributed by atoms with Crippen molar-refractivity contribution in [1.82, 2.24) is 9.97 Å². The van der Waals surface area contributed by atoms with Gasteiger partial charge in [0.1, 0.15) is 0 Å². The molecule has 0 atom stereocenters. The van der Waals surface area contributed by atoms with Crippen LogP contribution in [0.25, 0.3) is 33.6 Å². The summed E-state index contributed by atoms with van der Waals surface area (Å²) in [6.07, 6.45) is 3.10. The van der Waals surface area contributed by atoms with Gasteiger partial charge in [-0.05, 0) is 34.9 Å². The van der Waals surface area contributed by atoms with Crippen LogP contribution in [0.2, 0.25) is 0 Å². The summed E-state index contributed by atoms with van der Waals surface area (Å²) in [5, 5.41) is 0. The predicted octanol–water partition coefficient (Wildman–Crippen LogP) is 7.35. The molecule has 2 heterocycles. The van der Waals surface area contributed by atoms with Crippen LogP contribution in [0.3, 0.4) is 0 Å². The molecule has 2 aromatic heterocycles. The molecule has 0 unspecified atom stereocenters. The second kappa shape index (κ2) is 12.1. The fourth-order valence-electron chi connectivity index (χ4n) is 3.06. The van der Waals surface area contributed by atoms with E-state index in [9.17, 15) is 8.78 Å². The van der Waals surface area contributed by atoms with E-state index in [1.165, 1.54) is 30.0 Å². The van der Waals surface area contributed by atoms with Crippen LogP contribution in [-0.2, 0) is 20.1 Å². The van der Waals surface area contributed by atoms with Gasteiger partial charge in [0.2, 0.25) is 0 Å². The van der Waals surface area contributed by atoms with Crippen LogP contribution in [0.5, 0.6) is 0 Å². The Kier molecular flexibility index (Phi) is 7.47. The molecular weight excluding hydrogens is 607 g/mol. The zero-order valence-corrected chi connectivity index (χ0v) is 20.2. The molecule has 0 aliphatic heterocycles. The first-order valence-corrected chi connectivity index (χ1v) is 10.1. The number of nitrogens with zero attached hydrogens (tertiary/aromatic N) is 2. The molecule has 0 fully saturated rings. The van der Waals surface area contributed by atoms with Gasteiger partial charge in [-0.25, -0.2) is 4.39 Å². The Bertz CT molecular complexity index is 1350. The Morgan fingerprint density at radius 3 is 2.06 bits per heavy atom. The van der Waals surface area contributed by atoms with Crippen LogP contribution in [0.15, 0.2) is 103 Å². The number of halogens is 2. The van der Waals surface area contributed by atoms with E-state index >= 15 is 0 Å². The molecule has 0 saturated heterocycles. The van der Waals surface area contributed by atoms with Crippen LogP contribution in [0, 0.1) is 30.6 Å². The van der Waals surface area contributed by atoms with E-state index in [0.717, 1.165) is 22.9 Å². The molecular formula is C29H20F2IrN2-2. The summed E-state index contributed by atoms with van der Waals surface area (Å²) < 4.78 is 47.3. The van der Waals surface area contributed by atoms with Gasteiger partial charge >= 0.3 is 0 Å². The third-order valence-electron chi connectivity index (χ3n) is 4.75. The molecule has 0 aliphatic carbocycles. The first-order valence-electron chi connectivity index (χ1n) is 11.6. The molecule has 0 spiro atoms. The van der Waals surface area contributed by atoms with Gasteiger partial charge in [0.15, 0.2) is 0 Å². The normalized spacial score (nSPS) is 11.6. The van der Waals surface area contributed by atoms with Crippen LogP contribution in [0.1, 0.15) is 9.68 Å². The average Bonchev–Trinajstić information content (AvgIpc) is 2.91. The number of hydrogen-bond acceptors (Lipinski definition) is 2. The Labute approximate surface area is 215 Å². The standard InChI is InChI=1S/C17H12N.C12H8F2N.Ir/c1-3-7-14(8-4-1)16-11-12-17(18-13-16)15-9-5-2-6-10-15;1-8-2-5-12(15-7-8)9-3-4-10(13)11(14)6-9;/h1-9,11-13H;2-5,7H,1H3;/q2*-1;/i;1D3;. The summed E-state index contributed by atoms with van der Waals surface area (Å²) in [5.74, 6) is -2.08. The molecule has 171 valence electrons. The van der Waals surface area contributed by atoms with Gasteiger partial charge in [-0.3, -0.25) is 4.39 Å². The Morgan fingerprint density at radius 1 is 0.706 bits per heavy atom. The fourth-order valence-corrected chi connectivity index (χ4v) is 3.06. The quantitative estimate of drug-likeness (QED) is 0.195. The van der Waals surface area contributed by atoms with Gasteiger partial charge in [0, 0.05) is 36.6 Å². The summed E-state index contributed by atoms with van der Waals surface area (Å²) in [4.78, 5) is 8.40. The van der Waals surface area contributed by atoms with Crippen molar-refractivity contribution in [3.63, 3.8) is 0 Å². The van der Waals surface area contributed by atoms with Crippen LogP contribution in [0.4, 0.5) is 8.78 Å². The zero-order chi connectivity index (χ0) is 25.5. The molecule has 3 aromatic carbocycles. The Morgan fingerprint density at radius 2 is 1.44 bits per heavy atom. The number of rotatable bonds is 3. The van der Waals surface area contributed by atoms with E-state index in [1.807, 2.05) is 54.7 Å². The summed E-state index contributed by atoms with van der Waals surface area (Å²) in [6.45, 7) is -2.23. The summed E-state index contributed by atoms with van der Waals surface area (Å²) in [7, 11) is 0. The zero-order valence-electron chi connectivity index (χ0n) is 20.8. The smallest absolute Gasteiger partial charge is 0.0751 e. The van der Waals surface area contributed by atoms with Crippen molar-refractivity contribution in [3.05, 3.63) is 133 Å². The molecule has 0 amide bonds. The minimum Gasteiger partial charge on any atom is -0.304 e. The molecule has 34 heavy (non-hydrogen) atoms. The Hall–Kier alpha value is -3.53. The molecule has 0 N–H and O–H groups in total. The van der Waals surface area contributed by atoms with Crippen molar-refractivity contribution < 1.29 is 33.0 Å². The first kappa shape index (κ1) is 21.0. The van der Waals surface area contributed by atoms with E-state index in [2.05, 4.69) is 40.3 Å². The summed E-state index contributed by atoms with van der Waals surface area (Å²) in [6, 6.07) is 32.8. The molecule has 2 nitrogen and oxygen atoms in total. The minimum absolute atomic E-state index is 0. The Balaban J connectivity index is 0.000000200. The predicted molar refractivity (Wildman–Crippen MR) is 127 cm³/mol. The summed E-state index contributed by atoms with van der Waals surface area (Å²) in [5.41, 5.74) is 5.00. The van der Waals surface area contributed by atoms with Crippen LogP contribution in [-0.4, -0.2) is 9.97 Å². The van der Waals surface area contributed by atoms with E-state index in [4.69, 9.17) is 4.11 Å². The van der Waals surface area contributed by atoms with Crippen molar-refractivity contribution in [2.45, 2.75) is 6.85 Å². The molecule has 5 rings (SSSR count). The number of aromatic nitrogens is 2. The van der Waals surface area contributed by atoms with Gasteiger partial charge in [-0.1, -0.05) is 54.6 Å². The average molecular weight is 630 g/mol. The van der Waals surface area contributed by atoms with Gasteiger partial charge < -0.3 is 9.97 Å². The van der Waals surface area contributed by atoms with Crippen molar-refractivity contribution in [2.24, 2.45) is 0 Å². The van der Waals surface area contributed by atoms with Gasteiger partial charge in [-0.2, -0.15) is 0 Å². The summed E-state index contributed by atoms with van der Waals surface area (Å²) >= 11 is 0. The maximum Gasteiger partial charge on any atom is 0.0751 e. The van der Waals surface area contributed by atoms with Gasteiger partial charge in [-0.15, -0.1) is 59.7 Å². The molecule has 0 bridgehead atoms. The van der Waals surface area contributed by atoms with Crippen molar-refractivity contribution in [3.8, 4) is 33.6 Å². The molecule has 5 aromatic rings. The number of pyridine rings is 2. The molecule has 1 radical (unpaired) electrons. The van der Waals surface area contributed by atoms with Gasteiger partial charge in [0.05, 0.1) is 11.6 Å². The second-order valence-electron chi connectivity index (χ2n) is 7.04. The maximum absolute atomic E-state index is 13.0. The van der Waals surface area contributed by atoms with E-state index in [1.54, 1.807) is 0 Å². The second-order valence-corrected chi connectivity index (χ2v) is 7.04. The minimum atomic E-state index is -2.23. The van der Waals surface area contributed by atoms with Crippen molar-refractivity contribution >= 4 is 0 Å². The largest absolute Gasteiger partial charge is 0.304 e. The van der Waals surface area contributed by atoms with Gasteiger partial charge in [0.25, 0.3) is 0 Å². The van der Waals surface area contributed by atoms with E-state index < -0.39 is 18.5 Å². The SMILES string of the molecule is [2H]C([2H])([2H])c1ccc(-c2[c-]c(F)c(F)cc2)nc1.[Ir].[c-]1ccccc1-c1ccc(-c2ccccc2)cn1. The molecule has 0 aliphatic rings. The van der Waals surface area contributed by atoms with Crippen molar-refractivity contribution in [2.75, 3.05) is 0 Å². The van der Waals surface area contributed by atoms with Crippen LogP contribution >= 0.6 is 0 Å². The van der Waals surface area contributed by atoms with E-state index in [-0.39, 0.29) is 31.2 Å². The third-order valence-corrected chi connectivity index (χ3v) is 4.75. The topological polar surface area (TPSA) is 25.8 Å². The third kappa shape index (κ3) is 6.50.